The summed E-state index contributed by atoms with van der Waals surface area (Å²) in [5.74, 6) is 1.55. The molecule has 0 aliphatic carbocycles. The van der Waals surface area contributed by atoms with Gasteiger partial charge in [-0.1, -0.05) is 44.2 Å². The van der Waals surface area contributed by atoms with Crippen molar-refractivity contribution in [1.82, 2.24) is 14.8 Å². The van der Waals surface area contributed by atoms with Crippen LogP contribution in [0.4, 0.5) is 0 Å². The normalized spacial score (nSPS) is 21.7. The Balaban J connectivity index is 1.72. The zero-order valence-corrected chi connectivity index (χ0v) is 21.8. The average molecular weight is 490 g/mol. The molecule has 36 heavy (non-hydrogen) atoms. The predicted octanol–water partition coefficient (Wildman–Crippen LogP) is 4.65. The molecule has 2 aliphatic rings. The third kappa shape index (κ3) is 3.64. The molecule has 2 amide bonds. The van der Waals surface area contributed by atoms with Crippen LogP contribution in [-0.4, -0.2) is 59.9 Å². The molecule has 1 unspecified atom stereocenters. The summed E-state index contributed by atoms with van der Waals surface area (Å²) in [5, 5.41) is 1.06. The predicted molar refractivity (Wildman–Crippen MR) is 139 cm³/mol. The lowest BCUT2D eigenvalue weighted by atomic mass is 9.76. The first-order valence-corrected chi connectivity index (χ1v) is 12.8. The third-order valence-corrected chi connectivity index (χ3v) is 7.69. The number of rotatable bonds is 7. The van der Waals surface area contributed by atoms with Crippen LogP contribution in [0.5, 0.6) is 11.5 Å². The lowest BCUT2D eigenvalue weighted by molar-refractivity contribution is -0.166. The number of fused-ring (bicyclic) bond motifs is 5. The van der Waals surface area contributed by atoms with Crippen LogP contribution in [0, 0.1) is 5.92 Å². The highest BCUT2D eigenvalue weighted by atomic mass is 16.5. The van der Waals surface area contributed by atoms with Gasteiger partial charge in [0.15, 0.2) is 17.0 Å². The van der Waals surface area contributed by atoms with Crippen LogP contribution in [-0.2, 0) is 15.1 Å². The van der Waals surface area contributed by atoms with Gasteiger partial charge in [-0.3, -0.25) is 9.59 Å². The second-order valence-corrected chi connectivity index (χ2v) is 10.3. The maximum Gasteiger partial charge on any atom is 0.254 e. The van der Waals surface area contributed by atoms with Gasteiger partial charge in [-0.25, -0.2) is 0 Å². The maximum atomic E-state index is 14.1. The van der Waals surface area contributed by atoms with Crippen LogP contribution in [0.25, 0.3) is 10.9 Å². The number of carbonyl (C=O) groups excluding carboxylic acids is 2. The number of H-pyrrole nitrogens is 1. The van der Waals surface area contributed by atoms with E-state index in [0.717, 1.165) is 34.1 Å². The first-order valence-electron chi connectivity index (χ1n) is 12.8. The van der Waals surface area contributed by atoms with Gasteiger partial charge in [0, 0.05) is 35.5 Å². The van der Waals surface area contributed by atoms with Crippen molar-refractivity contribution in [3.63, 3.8) is 0 Å². The second-order valence-electron chi connectivity index (χ2n) is 10.3. The Morgan fingerprint density at radius 3 is 2.64 bits per heavy atom. The molecule has 5 rings (SSSR count). The lowest BCUT2D eigenvalue weighted by Crippen LogP contribution is -2.67. The third-order valence-electron chi connectivity index (χ3n) is 7.69. The number of aromatic amines is 1. The van der Waals surface area contributed by atoms with E-state index >= 15 is 0 Å². The Morgan fingerprint density at radius 1 is 1.14 bits per heavy atom. The molecule has 7 nitrogen and oxygen atoms in total. The minimum absolute atomic E-state index is 0.0234. The van der Waals surface area contributed by atoms with Crippen molar-refractivity contribution in [2.45, 2.75) is 45.6 Å². The fraction of sp³-hybridized carbons (Fsp3) is 0.448. The van der Waals surface area contributed by atoms with Crippen molar-refractivity contribution in [1.29, 1.82) is 0 Å². The maximum absolute atomic E-state index is 14.1. The Kier molecular flexibility index (Phi) is 6.18. The molecule has 7 heteroatoms. The van der Waals surface area contributed by atoms with E-state index in [0.29, 0.717) is 37.1 Å². The molecule has 2 aliphatic heterocycles. The van der Waals surface area contributed by atoms with Gasteiger partial charge in [-0.2, -0.15) is 0 Å². The van der Waals surface area contributed by atoms with E-state index in [1.165, 1.54) is 0 Å². The van der Waals surface area contributed by atoms with Crippen molar-refractivity contribution in [2.75, 3.05) is 33.4 Å². The van der Waals surface area contributed by atoms with Crippen LogP contribution >= 0.6 is 0 Å². The molecule has 1 saturated heterocycles. The quantitative estimate of drug-likeness (QED) is 0.524. The number of amides is 2. The Labute approximate surface area is 212 Å². The summed E-state index contributed by atoms with van der Waals surface area (Å²) in [7, 11) is 1.63. The van der Waals surface area contributed by atoms with Crippen LogP contribution in [0.3, 0.4) is 0 Å². The van der Waals surface area contributed by atoms with E-state index in [2.05, 4.69) is 24.9 Å². The number of nitrogens with one attached hydrogen (secondary N) is 1. The van der Waals surface area contributed by atoms with E-state index in [1.807, 2.05) is 50.2 Å². The molecule has 0 spiro atoms. The second kappa shape index (κ2) is 9.19. The number of carbonyl (C=O) groups is 2. The number of nitrogens with zero attached hydrogens (tertiary/aromatic N) is 2. The average Bonchev–Trinajstić information content (AvgIpc) is 3.27. The Hall–Kier alpha value is -3.48. The minimum Gasteiger partial charge on any atom is -0.493 e. The van der Waals surface area contributed by atoms with Gasteiger partial charge in [0.05, 0.1) is 26.0 Å². The summed E-state index contributed by atoms with van der Waals surface area (Å²) >= 11 is 0. The van der Waals surface area contributed by atoms with Crippen molar-refractivity contribution in [2.24, 2.45) is 5.92 Å². The molecule has 0 saturated carbocycles. The Morgan fingerprint density at radius 2 is 1.92 bits per heavy atom. The monoisotopic (exact) mass is 489 g/mol. The van der Waals surface area contributed by atoms with Gasteiger partial charge < -0.3 is 24.3 Å². The van der Waals surface area contributed by atoms with E-state index in [4.69, 9.17) is 9.47 Å². The molecule has 0 radical (unpaired) electrons. The molecule has 190 valence electrons. The standard InChI is InChI=1S/C29H35N3O4/c1-6-36-26-19(11-9-13-23(26)35-5)21-16-32-24(33)17-31(15-14-18(2)3)28(34)29(32,4)27-25(21)20-10-7-8-12-22(20)30-27/h7-13,18,21,30H,6,14-17H2,1-5H3/t21?,29-/m0/s1. The molecule has 1 aromatic heterocycles. The highest BCUT2D eigenvalue weighted by Gasteiger charge is 2.56. The number of methoxy groups -OCH3 is 1. The number of aromatic nitrogens is 1. The molecule has 3 aromatic rings. The lowest BCUT2D eigenvalue weighted by Gasteiger charge is -2.51. The number of benzene rings is 2. The minimum atomic E-state index is -1.10. The van der Waals surface area contributed by atoms with Crippen LogP contribution in [0.1, 0.15) is 56.9 Å². The molecular weight excluding hydrogens is 454 g/mol. The number of para-hydroxylation sites is 2. The fourth-order valence-corrected chi connectivity index (χ4v) is 5.82. The van der Waals surface area contributed by atoms with Crippen LogP contribution in [0.2, 0.25) is 0 Å². The SMILES string of the molecule is CCOc1c(OC)cccc1C1CN2C(=O)CN(CCC(C)C)C(=O)[C@]2(C)c2[nH]c3ccccc3c21. The van der Waals surface area contributed by atoms with Crippen molar-refractivity contribution in [3.8, 4) is 11.5 Å². The molecule has 2 atom stereocenters. The number of hydrogen-bond donors (Lipinski definition) is 1. The van der Waals surface area contributed by atoms with Crippen molar-refractivity contribution >= 4 is 22.7 Å². The molecule has 1 N–H and O–H groups in total. The number of piperazine rings is 1. The van der Waals surface area contributed by atoms with Crippen LogP contribution < -0.4 is 9.47 Å². The summed E-state index contributed by atoms with van der Waals surface area (Å²) in [6.07, 6.45) is 0.860. The number of hydrogen-bond acceptors (Lipinski definition) is 4. The van der Waals surface area contributed by atoms with Gasteiger partial charge in [0.1, 0.15) is 0 Å². The first kappa shape index (κ1) is 24.2. The van der Waals surface area contributed by atoms with Gasteiger partial charge in [0.2, 0.25) is 5.91 Å². The van der Waals surface area contributed by atoms with Crippen molar-refractivity contribution < 1.29 is 19.1 Å². The Bertz CT molecular complexity index is 1310. The van der Waals surface area contributed by atoms with Crippen LogP contribution in [0.15, 0.2) is 42.5 Å². The largest absolute Gasteiger partial charge is 0.493 e. The topological polar surface area (TPSA) is 74.9 Å². The molecule has 0 bridgehead atoms. The van der Waals surface area contributed by atoms with Crippen molar-refractivity contribution in [3.05, 3.63) is 59.3 Å². The number of ether oxygens (including phenoxy) is 2. The summed E-state index contributed by atoms with van der Waals surface area (Å²) in [6.45, 7) is 9.68. The van der Waals surface area contributed by atoms with Gasteiger partial charge in [0.25, 0.3) is 5.91 Å². The van der Waals surface area contributed by atoms with E-state index < -0.39 is 5.54 Å². The summed E-state index contributed by atoms with van der Waals surface area (Å²) < 4.78 is 11.7. The van der Waals surface area contributed by atoms with E-state index in [9.17, 15) is 9.59 Å². The zero-order valence-electron chi connectivity index (χ0n) is 21.8. The fourth-order valence-electron chi connectivity index (χ4n) is 5.82. The smallest absolute Gasteiger partial charge is 0.254 e. The first-order chi connectivity index (χ1) is 17.3. The molecule has 1 fully saturated rings. The highest BCUT2D eigenvalue weighted by molar-refractivity contribution is 6.01. The van der Waals surface area contributed by atoms with E-state index in [1.54, 1.807) is 16.9 Å². The van der Waals surface area contributed by atoms with E-state index in [-0.39, 0.29) is 24.3 Å². The zero-order chi connectivity index (χ0) is 25.6. The van der Waals surface area contributed by atoms with Gasteiger partial charge >= 0.3 is 0 Å². The molecular formula is C29H35N3O4. The van der Waals surface area contributed by atoms with Gasteiger partial charge in [-0.15, -0.1) is 0 Å². The highest BCUT2D eigenvalue weighted by Crippen LogP contribution is 2.50. The summed E-state index contributed by atoms with van der Waals surface area (Å²) in [6, 6.07) is 14.0. The molecule has 2 aromatic carbocycles. The summed E-state index contributed by atoms with van der Waals surface area (Å²) in [5.41, 5.74) is 2.65. The van der Waals surface area contributed by atoms with Gasteiger partial charge in [-0.05, 0) is 43.9 Å². The summed E-state index contributed by atoms with van der Waals surface area (Å²) in [4.78, 5) is 34.8. The molecule has 3 heterocycles.